The van der Waals surface area contributed by atoms with Crippen molar-refractivity contribution in [2.24, 2.45) is 5.92 Å². The highest BCUT2D eigenvalue weighted by atomic mass is 16.8. The molecule has 0 spiro atoms. The van der Waals surface area contributed by atoms with E-state index in [1.807, 2.05) is 57.2 Å². The van der Waals surface area contributed by atoms with Crippen LogP contribution in [-0.2, 0) is 17.8 Å². The third-order valence-corrected chi connectivity index (χ3v) is 9.17. The molecule has 0 radical (unpaired) electrons. The van der Waals surface area contributed by atoms with Crippen molar-refractivity contribution < 1.29 is 18.8 Å². The second-order valence-electron chi connectivity index (χ2n) is 11.8. The Labute approximate surface area is 245 Å². The van der Waals surface area contributed by atoms with Crippen molar-refractivity contribution in [1.29, 1.82) is 0 Å². The maximum atomic E-state index is 13.7. The predicted molar refractivity (Wildman–Crippen MR) is 161 cm³/mol. The molecule has 1 amide bonds. The zero-order chi connectivity index (χ0) is 30.2. The number of carbonyl (C=O) groups is 1. The number of nitrogens with zero attached hydrogens (tertiary/aromatic N) is 3. The van der Waals surface area contributed by atoms with Crippen LogP contribution in [0.3, 0.4) is 0 Å². The second kappa shape index (κ2) is 9.96. The molecule has 1 saturated heterocycles. The van der Waals surface area contributed by atoms with Crippen LogP contribution < -0.4 is 16.4 Å². The van der Waals surface area contributed by atoms with Crippen LogP contribution in [0.2, 0.25) is 0 Å². The minimum atomic E-state index is -0.542. The minimum absolute atomic E-state index is 0.00715. The van der Waals surface area contributed by atoms with E-state index in [9.17, 15) is 24.8 Å². The van der Waals surface area contributed by atoms with Crippen LogP contribution in [-0.4, -0.2) is 33.7 Å². The Morgan fingerprint density at radius 1 is 0.977 bits per heavy atom. The van der Waals surface area contributed by atoms with Crippen LogP contribution in [0.25, 0.3) is 33.1 Å². The summed E-state index contributed by atoms with van der Waals surface area (Å²) in [4.78, 5) is 41.5. The zero-order valence-electron chi connectivity index (χ0n) is 24.0. The summed E-state index contributed by atoms with van der Waals surface area (Å²) in [5, 5.41) is 21.9. The summed E-state index contributed by atoms with van der Waals surface area (Å²) in [6, 6.07) is 15.0. The number of benzene rings is 2. The molecule has 0 saturated carbocycles. The fourth-order valence-electron chi connectivity index (χ4n) is 7.09. The van der Waals surface area contributed by atoms with Crippen LogP contribution in [0.1, 0.15) is 40.5 Å². The minimum Gasteiger partial charge on any atom is -0.733 e. The van der Waals surface area contributed by atoms with E-state index in [-0.39, 0.29) is 29.9 Å². The summed E-state index contributed by atoms with van der Waals surface area (Å²) >= 11 is 0. The molecule has 5 heterocycles. The molecular formula is C33H30N3O7-. The normalized spacial score (nSPS) is 17.8. The van der Waals surface area contributed by atoms with Crippen LogP contribution in [0.5, 0.6) is 0 Å². The lowest BCUT2D eigenvalue weighted by atomic mass is 9.83. The van der Waals surface area contributed by atoms with Gasteiger partial charge in [0.2, 0.25) is 5.91 Å². The Morgan fingerprint density at radius 2 is 1.72 bits per heavy atom. The van der Waals surface area contributed by atoms with E-state index >= 15 is 0 Å². The topological polar surface area (TPSA) is 132 Å². The number of piperidine rings is 1. The van der Waals surface area contributed by atoms with Crippen molar-refractivity contribution >= 4 is 33.5 Å². The van der Waals surface area contributed by atoms with Gasteiger partial charge < -0.3 is 28.7 Å². The number of fused-ring (bicyclic) bond motifs is 6. The molecule has 2 aromatic carbocycles. The van der Waals surface area contributed by atoms with Gasteiger partial charge in [-0.2, -0.15) is 0 Å². The van der Waals surface area contributed by atoms with E-state index in [1.165, 1.54) is 10.6 Å². The SMILES string of the molecule is Cc1oc2c(C)c3oc(=O)c(CC(=O)N4C[C@@H]5C[C@@H](C4)c4ccc(N([O-])O)c(=O)n4C5)c(C)c3cc2c1-c1ccccc1. The highest BCUT2D eigenvalue weighted by Gasteiger charge is 2.37. The maximum Gasteiger partial charge on any atom is 0.340 e. The van der Waals surface area contributed by atoms with Gasteiger partial charge in [0.15, 0.2) is 0 Å². The molecule has 2 aliphatic heterocycles. The molecule has 3 aromatic heterocycles. The summed E-state index contributed by atoms with van der Waals surface area (Å²) in [7, 11) is 0. The third kappa shape index (κ3) is 4.28. The smallest absolute Gasteiger partial charge is 0.340 e. The van der Waals surface area contributed by atoms with Gasteiger partial charge in [0.1, 0.15) is 22.6 Å². The van der Waals surface area contributed by atoms with Crippen molar-refractivity contribution in [3.8, 4) is 11.1 Å². The van der Waals surface area contributed by atoms with Gasteiger partial charge in [-0.3, -0.25) is 14.8 Å². The average molecular weight is 581 g/mol. The number of hydrogen-bond acceptors (Lipinski definition) is 8. The van der Waals surface area contributed by atoms with Gasteiger partial charge in [-0.05, 0) is 62.4 Å². The number of aryl methyl sites for hydroxylation is 3. The Balaban J connectivity index is 1.23. The summed E-state index contributed by atoms with van der Waals surface area (Å²) in [5.41, 5.74) is 4.22. The van der Waals surface area contributed by atoms with Gasteiger partial charge in [0.25, 0.3) is 5.56 Å². The molecule has 1 N–H and O–H groups in total. The van der Waals surface area contributed by atoms with E-state index in [0.717, 1.165) is 45.3 Å². The van der Waals surface area contributed by atoms with Crippen molar-refractivity contribution in [3.05, 3.63) is 103 Å². The summed E-state index contributed by atoms with van der Waals surface area (Å²) in [6.07, 6.45) is 0.709. The zero-order valence-corrected chi connectivity index (χ0v) is 24.0. The number of carbonyl (C=O) groups excluding carboxylic acids is 1. The van der Waals surface area contributed by atoms with Crippen LogP contribution in [0.4, 0.5) is 5.69 Å². The standard InChI is InChI=1S/C33H30N3O7/c1-17-23-12-25-29(21-7-5-4-6-8-21)19(3)42-31(25)18(2)30(23)43-33(39)24(17)13-28(37)34-14-20-11-22(16-34)26-9-10-27(36(40)41)32(38)35(26)15-20/h4-10,12,20,22,40H,11,13-16H2,1-3H3/q-1/t20-,22-/m0/s1. The molecule has 10 heteroatoms. The largest absolute Gasteiger partial charge is 0.733 e. The Bertz CT molecular complexity index is 2060. The monoisotopic (exact) mass is 580 g/mol. The van der Waals surface area contributed by atoms with E-state index in [0.29, 0.717) is 41.9 Å². The molecular weight excluding hydrogens is 550 g/mol. The van der Waals surface area contributed by atoms with E-state index < -0.39 is 16.4 Å². The van der Waals surface area contributed by atoms with Gasteiger partial charge in [-0.25, -0.2) is 4.79 Å². The van der Waals surface area contributed by atoms with Gasteiger partial charge in [-0.1, -0.05) is 30.3 Å². The highest BCUT2D eigenvalue weighted by Crippen LogP contribution is 2.40. The fraction of sp³-hybridized carbons (Fsp3) is 0.303. The maximum absolute atomic E-state index is 13.7. The molecule has 10 nitrogen and oxygen atoms in total. The van der Waals surface area contributed by atoms with Crippen molar-refractivity contribution in [2.75, 3.05) is 18.3 Å². The van der Waals surface area contributed by atoms with E-state index in [1.54, 1.807) is 11.0 Å². The van der Waals surface area contributed by atoms with Crippen molar-refractivity contribution in [1.82, 2.24) is 9.47 Å². The molecule has 0 aliphatic carbocycles. The quantitative estimate of drug-likeness (QED) is 0.227. The first kappa shape index (κ1) is 27.2. The third-order valence-electron chi connectivity index (χ3n) is 9.17. The van der Waals surface area contributed by atoms with Gasteiger partial charge in [0.05, 0.1) is 12.0 Å². The molecule has 220 valence electrons. The molecule has 7 rings (SSSR count). The number of aromatic nitrogens is 1. The van der Waals surface area contributed by atoms with Gasteiger partial charge in [0, 0.05) is 53.1 Å². The molecule has 2 bridgehead atoms. The molecule has 1 fully saturated rings. The lowest BCUT2D eigenvalue weighted by molar-refractivity contribution is -0.133. The number of likely N-dealkylation sites (tertiary alicyclic amines) is 1. The number of pyridine rings is 1. The Morgan fingerprint density at radius 3 is 2.47 bits per heavy atom. The van der Waals surface area contributed by atoms with Gasteiger partial charge >= 0.3 is 5.63 Å². The summed E-state index contributed by atoms with van der Waals surface area (Å²) in [5.74, 6) is 0.503. The van der Waals surface area contributed by atoms with Crippen LogP contribution in [0.15, 0.2) is 67.0 Å². The van der Waals surface area contributed by atoms with Crippen LogP contribution in [0, 0.1) is 31.9 Å². The van der Waals surface area contributed by atoms with Gasteiger partial charge in [-0.15, -0.1) is 0 Å². The van der Waals surface area contributed by atoms with Crippen molar-refractivity contribution in [3.63, 3.8) is 0 Å². The number of hydrogen-bond donors (Lipinski definition) is 1. The number of amides is 1. The molecule has 2 aliphatic rings. The Kier molecular flexibility index (Phi) is 6.30. The first-order chi connectivity index (χ1) is 20.6. The molecule has 2 atom stereocenters. The predicted octanol–water partition coefficient (Wildman–Crippen LogP) is 5.17. The average Bonchev–Trinajstić information content (AvgIpc) is 3.32. The number of anilines is 1. The molecule has 5 aromatic rings. The van der Waals surface area contributed by atoms with E-state index in [2.05, 4.69) is 0 Å². The lowest BCUT2D eigenvalue weighted by Crippen LogP contribution is -2.50. The summed E-state index contributed by atoms with van der Waals surface area (Å²) in [6.45, 7) is 6.82. The first-order valence-corrected chi connectivity index (χ1v) is 14.3. The molecule has 43 heavy (non-hydrogen) atoms. The Hall–Kier alpha value is -4.67. The number of furan rings is 1. The van der Waals surface area contributed by atoms with Crippen molar-refractivity contribution in [2.45, 2.75) is 46.1 Å². The fourth-order valence-corrected chi connectivity index (χ4v) is 7.09. The first-order valence-electron chi connectivity index (χ1n) is 14.3. The second-order valence-corrected chi connectivity index (χ2v) is 11.8. The lowest BCUT2D eigenvalue weighted by Gasteiger charge is -2.43. The molecule has 0 unspecified atom stereocenters. The van der Waals surface area contributed by atoms with Crippen LogP contribution >= 0.6 is 0 Å². The summed E-state index contributed by atoms with van der Waals surface area (Å²) < 4.78 is 13.5. The number of rotatable bonds is 4. The van der Waals surface area contributed by atoms with E-state index in [4.69, 9.17) is 8.83 Å². The highest BCUT2D eigenvalue weighted by molar-refractivity contribution is 6.06.